The third-order valence-electron chi connectivity index (χ3n) is 3.32. The molecule has 0 atom stereocenters. The van der Waals surface area contributed by atoms with Crippen LogP contribution in [-0.2, 0) is 6.54 Å². The largest absolute Gasteiger partial charge is 0.495 e. The highest BCUT2D eigenvalue weighted by Gasteiger charge is 2.08. The second kappa shape index (κ2) is 6.12. The Labute approximate surface area is 119 Å². The molecular formula is C17H18N2O. The zero-order chi connectivity index (χ0) is 14.5. The zero-order valence-corrected chi connectivity index (χ0v) is 12.0. The van der Waals surface area contributed by atoms with Gasteiger partial charge in [0.2, 0.25) is 0 Å². The standard InChI is InChI=1S/C17H18N2O/c1-12-7-8-15(13(2)9-12)11-19-17-14(10-18)5-4-6-16(17)20-3/h4-9,19H,11H2,1-3H3. The van der Waals surface area contributed by atoms with Crippen LogP contribution in [0.3, 0.4) is 0 Å². The van der Waals surface area contributed by atoms with E-state index in [9.17, 15) is 5.26 Å². The molecule has 3 nitrogen and oxygen atoms in total. The molecule has 2 aromatic carbocycles. The van der Waals surface area contributed by atoms with E-state index in [-0.39, 0.29) is 0 Å². The minimum absolute atomic E-state index is 0.592. The SMILES string of the molecule is COc1cccc(C#N)c1NCc1ccc(C)cc1C. The van der Waals surface area contributed by atoms with Crippen molar-refractivity contribution in [3.05, 3.63) is 58.7 Å². The number of para-hydroxylation sites is 1. The third kappa shape index (κ3) is 2.92. The highest BCUT2D eigenvalue weighted by Crippen LogP contribution is 2.28. The lowest BCUT2D eigenvalue weighted by atomic mass is 10.1. The number of ether oxygens (including phenoxy) is 1. The summed E-state index contributed by atoms with van der Waals surface area (Å²) in [5, 5.41) is 12.5. The minimum atomic E-state index is 0.592. The molecule has 20 heavy (non-hydrogen) atoms. The van der Waals surface area contributed by atoms with Gasteiger partial charge in [-0.3, -0.25) is 0 Å². The lowest BCUT2D eigenvalue weighted by molar-refractivity contribution is 0.416. The van der Waals surface area contributed by atoms with Crippen molar-refractivity contribution < 1.29 is 4.74 Å². The van der Waals surface area contributed by atoms with Gasteiger partial charge >= 0.3 is 0 Å². The van der Waals surface area contributed by atoms with E-state index in [1.165, 1.54) is 16.7 Å². The summed E-state index contributed by atoms with van der Waals surface area (Å²) in [6.07, 6.45) is 0. The number of nitriles is 1. The molecule has 0 aliphatic carbocycles. The first-order chi connectivity index (χ1) is 9.65. The first kappa shape index (κ1) is 14.0. The van der Waals surface area contributed by atoms with Gasteiger partial charge in [-0.2, -0.15) is 5.26 Å². The number of hydrogen-bond acceptors (Lipinski definition) is 3. The molecule has 3 heteroatoms. The van der Waals surface area contributed by atoms with Crippen LogP contribution in [0.1, 0.15) is 22.3 Å². The van der Waals surface area contributed by atoms with Crippen LogP contribution in [0.25, 0.3) is 0 Å². The number of aryl methyl sites for hydroxylation is 2. The molecule has 1 N–H and O–H groups in total. The Hall–Kier alpha value is -2.47. The number of rotatable bonds is 4. The average Bonchev–Trinajstić information content (AvgIpc) is 2.46. The molecule has 102 valence electrons. The van der Waals surface area contributed by atoms with Crippen molar-refractivity contribution >= 4 is 5.69 Å². The van der Waals surface area contributed by atoms with Crippen LogP contribution in [-0.4, -0.2) is 7.11 Å². The minimum Gasteiger partial charge on any atom is -0.495 e. The van der Waals surface area contributed by atoms with E-state index in [1.807, 2.05) is 12.1 Å². The molecule has 2 rings (SSSR count). The molecule has 0 radical (unpaired) electrons. The van der Waals surface area contributed by atoms with E-state index in [4.69, 9.17) is 4.74 Å². The van der Waals surface area contributed by atoms with Crippen molar-refractivity contribution in [2.75, 3.05) is 12.4 Å². The van der Waals surface area contributed by atoms with Crippen LogP contribution >= 0.6 is 0 Å². The fourth-order valence-corrected chi connectivity index (χ4v) is 2.20. The average molecular weight is 266 g/mol. The molecule has 0 spiro atoms. The molecule has 0 aliphatic heterocycles. The maximum absolute atomic E-state index is 9.18. The fraction of sp³-hybridized carbons (Fsp3) is 0.235. The van der Waals surface area contributed by atoms with Crippen LogP contribution in [0.2, 0.25) is 0 Å². The number of nitrogens with one attached hydrogen (secondary N) is 1. The van der Waals surface area contributed by atoms with Gasteiger partial charge in [0, 0.05) is 6.54 Å². The van der Waals surface area contributed by atoms with Crippen LogP contribution in [0.5, 0.6) is 5.75 Å². The number of benzene rings is 2. The molecule has 0 fully saturated rings. The van der Waals surface area contributed by atoms with Gasteiger partial charge in [-0.25, -0.2) is 0 Å². The van der Waals surface area contributed by atoms with E-state index in [0.717, 1.165) is 5.69 Å². The number of hydrogen-bond donors (Lipinski definition) is 1. The van der Waals surface area contributed by atoms with Crippen LogP contribution in [0, 0.1) is 25.2 Å². The van der Waals surface area contributed by atoms with E-state index in [1.54, 1.807) is 13.2 Å². The maximum atomic E-state index is 9.18. The van der Waals surface area contributed by atoms with Crippen molar-refractivity contribution in [3.8, 4) is 11.8 Å². The summed E-state index contributed by atoms with van der Waals surface area (Å²) in [5.41, 5.74) is 5.05. The third-order valence-corrected chi connectivity index (χ3v) is 3.32. The maximum Gasteiger partial charge on any atom is 0.143 e. The summed E-state index contributed by atoms with van der Waals surface area (Å²) in [5.74, 6) is 0.689. The molecule has 0 heterocycles. The summed E-state index contributed by atoms with van der Waals surface area (Å²) >= 11 is 0. The Bertz CT molecular complexity index is 657. The molecule has 0 bridgehead atoms. The number of anilines is 1. The predicted octanol–water partition coefficient (Wildman–Crippen LogP) is 3.80. The van der Waals surface area contributed by atoms with Gasteiger partial charge in [0.1, 0.15) is 11.8 Å². The van der Waals surface area contributed by atoms with E-state index >= 15 is 0 Å². The van der Waals surface area contributed by atoms with Crippen molar-refractivity contribution in [2.45, 2.75) is 20.4 Å². The second-order valence-corrected chi connectivity index (χ2v) is 4.78. The van der Waals surface area contributed by atoms with E-state index in [0.29, 0.717) is 17.9 Å². The molecule has 0 amide bonds. The fourth-order valence-electron chi connectivity index (χ4n) is 2.20. The van der Waals surface area contributed by atoms with E-state index < -0.39 is 0 Å². The summed E-state index contributed by atoms with van der Waals surface area (Å²) in [4.78, 5) is 0. The highest BCUT2D eigenvalue weighted by molar-refractivity contribution is 5.66. The van der Waals surface area contributed by atoms with Crippen molar-refractivity contribution in [1.29, 1.82) is 5.26 Å². The quantitative estimate of drug-likeness (QED) is 0.915. The van der Waals surface area contributed by atoms with Gasteiger partial charge in [-0.15, -0.1) is 0 Å². The topological polar surface area (TPSA) is 45.0 Å². The zero-order valence-electron chi connectivity index (χ0n) is 12.0. The van der Waals surface area contributed by atoms with Crippen LogP contribution in [0.15, 0.2) is 36.4 Å². The molecular weight excluding hydrogens is 248 g/mol. The molecule has 0 unspecified atom stereocenters. The van der Waals surface area contributed by atoms with Gasteiger partial charge in [-0.05, 0) is 37.1 Å². The molecule has 0 aromatic heterocycles. The lowest BCUT2D eigenvalue weighted by Crippen LogP contribution is -2.04. The molecule has 0 saturated carbocycles. The van der Waals surface area contributed by atoms with E-state index in [2.05, 4.69) is 43.4 Å². The van der Waals surface area contributed by atoms with Gasteiger partial charge in [0.05, 0.1) is 18.4 Å². The molecule has 0 aliphatic rings. The Balaban J connectivity index is 2.25. The van der Waals surface area contributed by atoms with Gasteiger partial charge in [-0.1, -0.05) is 29.8 Å². The number of nitrogens with zero attached hydrogens (tertiary/aromatic N) is 1. The van der Waals surface area contributed by atoms with Gasteiger partial charge in [0.15, 0.2) is 0 Å². The normalized spacial score (nSPS) is 9.90. The smallest absolute Gasteiger partial charge is 0.143 e. The summed E-state index contributed by atoms with van der Waals surface area (Å²) < 4.78 is 5.31. The van der Waals surface area contributed by atoms with Crippen LogP contribution in [0.4, 0.5) is 5.69 Å². The number of methoxy groups -OCH3 is 1. The summed E-state index contributed by atoms with van der Waals surface area (Å²) in [6, 6.07) is 14.0. The Kier molecular flexibility index (Phi) is 4.27. The van der Waals surface area contributed by atoms with Crippen molar-refractivity contribution in [1.82, 2.24) is 0 Å². The first-order valence-corrected chi connectivity index (χ1v) is 6.53. The Morgan fingerprint density at radius 2 is 2.00 bits per heavy atom. The van der Waals surface area contributed by atoms with Crippen molar-refractivity contribution in [3.63, 3.8) is 0 Å². The predicted molar refractivity (Wildman–Crippen MR) is 81.0 cm³/mol. The summed E-state index contributed by atoms with van der Waals surface area (Å²) in [7, 11) is 1.61. The lowest BCUT2D eigenvalue weighted by Gasteiger charge is -2.14. The summed E-state index contributed by atoms with van der Waals surface area (Å²) in [6.45, 7) is 4.84. The molecule has 0 saturated heterocycles. The monoisotopic (exact) mass is 266 g/mol. The van der Waals surface area contributed by atoms with Crippen LogP contribution < -0.4 is 10.1 Å². The highest BCUT2D eigenvalue weighted by atomic mass is 16.5. The Morgan fingerprint density at radius 1 is 1.20 bits per heavy atom. The van der Waals surface area contributed by atoms with Gasteiger partial charge < -0.3 is 10.1 Å². The van der Waals surface area contributed by atoms with Crippen molar-refractivity contribution in [2.24, 2.45) is 0 Å². The second-order valence-electron chi connectivity index (χ2n) is 4.78. The molecule has 2 aromatic rings. The Morgan fingerprint density at radius 3 is 2.65 bits per heavy atom. The van der Waals surface area contributed by atoms with Gasteiger partial charge in [0.25, 0.3) is 0 Å². The first-order valence-electron chi connectivity index (χ1n) is 6.53.